The molecule has 2 N–H and O–H groups in total. The summed E-state index contributed by atoms with van der Waals surface area (Å²) >= 11 is 0. The summed E-state index contributed by atoms with van der Waals surface area (Å²) in [6.45, 7) is 2.37. The average molecular weight is 383 g/mol. The molecule has 0 saturated heterocycles. The van der Waals surface area contributed by atoms with E-state index in [1.54, 1.807) is 21.3 Å². The topological polar surface area (TPSA) is 64.1 Å². The van der Waals surface area contributed by atoms with Crippen LogP contribution in [-0.4, -0.2) is 46.9 Å². The second-order valence-corrected chi connectivity index (χ2v) is 6.69. The van der Waals surface area contributed by atoms with E-state index in [-0.39, 0.29) is 0 Å². The number of hydrogen-bond donors (Lipinski definition) is 2. The number of benzene rings is 2. The van der Waals surface area contributed by atoms with E-state index >= 15 is 0 Å². The maximum atomic E-state index is 5.74. The van der Waals surface area contributed by atoms with Gasteiger partial charge in [-0.15, -0.1) is 0 Å². The molecule has 2 aromatic rings. The van der Waals surface area contributed by atoms with E-state index in [0.29, 0.717) is 5.92 Å². The zero-order chi connectivity index (χ0) is 19.8. The zero-order valence-electron chi connectivity index (χ0n) is 16.8. The van der Waals surface area contributed by atoms with Crippen molar-refractivity contribution in [3.63, 3.8) is 0 Å². The molecule has 0 spiro atoms. The summed E-state index contributed by atoms with van der Waals surface area (Å²) in [5, 5.41) is 6.83. The largest absolute Gasteiger partial charge is 0.493 e. The minimum atomic E-state index is 0.425. The van der Waals surface area contributed by atoms with Crippen LogP contribution in [-0.2, 0) is 6.42 Å². The van der Waals surface area contributed by atoms with E-state index in [4.69, 9.17) is 14.2 Å². The van der Waals surface area contributed by atoms with E-state index < -0.39 is 0 Å². The number of rotatable bonds is 7. The molecule has 1 atom stereocenters. The van der Waals surface area contributed by atoms with Gasteiger partial charge in [0.05, 0.1) is 20.8 Å². The van der Waals surface area contributed by atoms with Gasteiger partial charge in [-0.25, -0.2) is 0 Å². The van der Waals surface area contributed by atoms with Gasteiger partial charge in [0.25, 0.3) is 0 Å². The Kier molecular flexibility index (Phi) is 7.00. The molecule has 6 heteroatoms. The normalized spacial score (nSPS) is 16.0. The molecular formula is C22H29N3O3. The highest BCUT2D eigenvalue weighted by Crippen LogP contribution is 2.32. The number of nitrogens with one attached hydrogen (secondary N) is 2. The molecule has 1 unspecified atom stereocenters. The van der Waals surface area contributed by atoms with Crippen molar-refractivity contribution >= 4 is 5.96 Å². The van der Waals surface area contributed by atoms with Crippen molar-refractivity contribution in [2.24, 2.45) is 4.99 Å². The lowest BCUT2D eigenvalue weighted by Gasteiger charge is -2.26. The molecule has 0 aromatic heterocycles. The average Bonchev–Trinajstić information content (AvgIpc) is 2.75. The molecule has 0 aliphatic carbocycles. The van der Waals surface area contributed by atoms with Gasteiger partial charge in [0.2, 0.25) is 0 Å². The molecule has 1 aliphatic rings. The second-order valence-electron chi connectivity index (χ2n) is 6.69. The molecule has 1 aliphatic heterocycles. The lowest BCUT2D eigenvalue weighted by molar-refractivity contribution is 0.267. The number of para-hydroxylation sites is 1. The Balaban J connectivity index is 1.49. The van der Waals surface area contributed by atoms with Crippen LogP contribution in [0.4, 0.5) is 0 Å². The van der Waals surface area contributed by atoms with Gasteiger partial charge in [-0.1, -0.05) is 24.3 Å². The van der Waals surface area contributed by atoms with Gasteiger partial charge >= 0.3 is 0 Å². The lowest BCUT2D eigenvalue weighted by atomic mass is 9.93. The molecule has 3 rings (SSSR count). The van der Waals surface area contributed by atoms with E-state index in [9.17, 15) is 0 Å². The number of guanidine groups is 1. The maximum absolute atomic E-state index is 5.74. The summed E-state index contributed by atoms with van der Waals surface area (Å²) in [6.07, 6.45) is 1.87. The third-order valence-corrected chi connectivity index (χ3v) is 4.98. The SMILES string of the molecule is CN=C(NCCc1ccc(OC)c(OC)c1)NCC1CCOc2ccccc21. The number of methoxy groups -OCH3 is 2. The molecule has 0 saturated carbocycles. The Hall–Kier alpha value is -2.89. The quantitative estimate of drug-likeness (QED) is 0.568. The Labute approximate surface area is 166 Å². The van der Waals surface area contributed by atoms with Crippen molar-refractivity contribution in [1.29, 1.82) is 0 Å². The second kappa shape index (κ2) is 9.88. The van der Waals surface area contributed by atoms with E-state index in [2.05, 4.69) is 33.8 Å². The van der Waals surface area contributed by atoms with Gasteiger partial charge in [0.1, 0.15) is 5.75 Å². The number of fused-ring (bicyclic) bond motifs is 1. The maximum Gasteiger partial charge on any atom is 0.191 e. The Morgan fingerprint density at radius 2 is 1.93 bits per heavy atom. The monoisotopic (exact) mass is 383 g/mol. The van der Waals surface area contributed by atoms with Crippen LogP contribution in [0, 0.1) is 0 Å². The minimum absolute atomic E-state index is 0.425. The third-order valence-electron chi connectivity index (χ3n) is 4.98. The number of aliphatic imine (C=N–C) groups is 1. The number of hydrogen-bond acceptors (Lipinski definition) is 4. The van der Waals surface area contributed by atoms with Crippen LogP contribution in [0.15, 0.2) is 47.5 Å². The van der Waals surface area contributed by atoms with Gasteiger partial charge in [-0.05, 0) is 42.2 Å². The first-order chi connectivity index (χ1) is 13.7. The predicted octanol–water partition coefficient (Wildman–Crippen LogP) is 2.98. The van der Waals surface area contributed by atoms with Crippen LogP contribution < -0.4 is 24.8 Å². The lowest BCUT2D eigenvalue weighted by Crippen LogP contribution is -2.40. The van der Waals surface area contributed by atoms with Gasteiger partial charge < -0.3 is 24.8 Å². The molecule has 0 bridgehead atoms. The van der Waals surface area contributed by atoms with E-state index in [0.717, 1.165) is 55.7 Å². The molecule has 0 fully saturated rings. The molecule has 0 radical (unpaired) electrons. The van der Waals surface area contributed by atoms with Crippen LogP contribution in [0.5, 0.6) is 17.2 Å². The van der Waals surface area contributed by atoms with Crippen LogP contribution in [0.25, 0.3) is 0 Å². The molecular weight excluding hydrogens is 354 g/mol. The van der Waals surface area contributed by atoms with Crippen LogP contribution >= 0.6 is 0 Å². The highest BCUT2D eigenvalue weighted by atomic mass is 16.5. The van der Waals surface area contributed by atoms with Crippen molar-refractivity contribution in [3.8, 4) is 17.2 Å². The number of ether oxygens (including phenoxy) is 3. The van der Waals surface area contributed by atoms with Gasteiger partial charge in [0.15, 0.2) is 17.5 Å². The standard InChI is InChI=1S/C22H29N3O3/c1-23-22(24-12-10-16-8-9-20(26-2)21(14-16)27-3)25-15-17-11-13-28-19-7-5-4-6-18(17)19/h4-9,14,17H,10-13,15H2,1-3H3,(H2,23,24,25). The first kappa shape index (κ1) is 19.9. The van der Waals surface area contributed by atoms with Crippen LogP contribution in [0.3, 0.4) is 0 Å². The van der Waals surface area contributed by atoms with Crippen molar-refractivity contribution in [2.45, 2.75) is 18.8 Å². The van der Waals surface area contributed by atoms with E-state index in [1.807, 2.05) is 24.3 Å². The fourth-order valence-corrected chi connectivity index (χ4v) is 3.43. The Bertz CT molecular complexity index is 807. The predicted molar refractivity (Wildman–Crippen MR) is 112 cm³/mol. The Morgan fingerprint density at radius 1 is 1.11 bits per heavy atom. The molecule has 2 aromatic carbocycles. The molecule has 0 amide bonds. The zero-order valence-corrected chi connectivity index (χ0v) is 16.8. The third kappa shape index (κ3) is 4.88. The Morgan fingerprint density at radius 3 is 2.71 bits per heavy atom. The van der Waals surface area contributed by atoms with Gasteiger partial charge in [-0.3, -0.25) is 4.99 Å². The van der Waals surface area contributed by atoms with Crippen molar-refractivity contribution < 1.29 is 14.2 Å². The highest BCUT2D eigenvalue weighted by molar-refractivity contribution is 5.79. The van der Waals surface area contributed by atoms with Gasteiger partial charge in [0, 0.05) is 26.1 Å². The van der Waals surface area contributed by atoms with Crippen LogP contribution in [0.1, 0.15) is 23.5 Å². The molecule has 1 heterocycles. The first-order valence-corrected chi connectivity index (χ1v) is 9.62. The summed E-state index contributed by atoms with van der Waals surface area (Å²) in [4.78, 5) is 4.34. The fourth-order valence-electron chi connectivity index (χ4n) is 3.43. The summed E-state index contributed by atoms with van der Waals surface area (Å²) in [7, 11) is 5.09. The van der Waals surface area contributed by atoms with E-state index in [1.165, 1.54) is 11.1 Å². The summed E-state index contributed by atoms with van der Waals surface area (Å²) < 4.78 is 16.4. The van der Waals surface area contributed by atoms with Crippen molar-refractivity contribution in [1.82, 2.24) is 10.6 Å². The smallest absolute Gasteiger partial charge is 0.191 e. The minimum Gasteiger partial charge on any atom is -0.493 e. The van der Waals surface area contributed by atoms with Crippen molar-refractivity contribution in [3.05, 3.63) is 53.6 Å². The van der Waals surface area contributed by atoms with Crippen LogP contribution in [0.2, 0.25) is 0 Å². The fraction of sp³-hybridized carbons (Fsp3) is 0.409. The van der Waals surface area contributed by atoms with Gasteiger partial charge in [-0.2, -0.15) is 0 Å². The summed E-state index contributed by atoms with van der Waals surface area (Å²) in [5.74, 6) is 3.73. The van der Waals surface area contributed by atoms with Crippen molar-refractivity contribution in [2.75, 3.05) is 41.0 Å². The first-order valence-electron chi connectivity index (χ1n) is 9.62. The molecule has 28 heavy (non-hydrogen) atoms. The highest BCUT2D eigenvalue weighted by Gasteiger charge is 2.21. The summed E-state index contributed by atoms with van der Waals surface area (Å²) in [6, 6.07) is 14.3. The molecule has 150 valence electrons. The summed E-state index contributed by atoms with van der Waals surface area (Å²) in [5.41, 5.74) is 2.45. The molecule has 6 nitrogen and oxygen atoms in total. The number of nitrogens with zero attached hydrogens (tertiary/aromatic N) is 1.